The van der Waals surface area contributed by atoms with Crippen LogP contribution in [0, 0.1) is 17.8 Å². The van der Waals surface area contributed by atoms with Crippen molar-refractivity contribution in [3.05, 3.63) is 23.8 Å². The molecule has 1 saturated carbocycles. The third-order valence-electron chi connectivity index (χ3n) is 4.70. The fraction of sp³-hybridized carbons (Fsp3) is 0.556. The van der Waals surface area contributed by atoms with Crippen molar-refractivity contribution in [2.75, 3.05) is 6.79 Å². The highest BCUT2D eigenvalue weighted by molar-refractivity contribution is 5.96. The third-order valence-corrected chi connectivity index (χ3v) is 4.70. The second-order valence-corrected chi connectivity index (χ2v) is 6.85. The normalized spacial score (nSPS) is 25.0. The first-order chi connectivity index (χ1) is 11.0. The fourth-order valence-corrected chi connectivity index (χ4v) is 3.31. The lowest BCUT2D eigenvalue weighted by molar-refractivity contribution is 0.0953. The quantitative estimate of drug-likeness (QED) is 0.867. The van der Waals surface area contributed by atoms with E-state index < -0.39 is 0 Å². The van der Waals surface area contributed by atoms with Gasteiger partial charge in [-0.05, 0) is 49.3 Å². The number of carbonyl (C=O) groups excluding carboxylic acids is 1. The second kappa shape index (κ2) is 6.60. The summed E-state index contributed by atoms with van der Waals surface area (Å²) in [6.07, 6.45) is 3.35. The van der Waals surface area contributed by atoms with E-state index in [9.17, 15) is 4.79 Å². The lowest BCUT2D eigenvalue weighted by atomic mass is 9.76. The maximum atomic E-state index is 12.3. The van der Waals surface area contributed by atoms with E-state index in [-0.39, 0.29) is 12.7 Å². The van der Waals surface area contributed by atoms with E-state index in [0.717, 1.165) is 18.6 Å². The minimum absolute atomic E-state index is 0.205. The van der Waals surface area contributed by atoms with Crippen LogP contribution < -0.4 is 14.9 Å². The molecule has 0 radical (unpaired) electrons. The van der Waals surface area contributed by atoms with Crippen LogP contribution in [-0.2, 0) is 0 Å². The van der Waals surface area contributed by atoms with Crippen LogP contribution in [0.2, 0.25) is 0 Å². The van der Waals surface area contributed by atoms with E-state index in [2.05, 4.69) is 31.3 Å². The Labute approximate surface area is 137 Å². The summed E-state index contributed by atoms with van der Waals surface area (Å²) in [6, 6.07) is 5.18. The van der Waals surface area contributed by atoms with Gasteiger partial charge in [0.1, 0.15) is 0 Å². The van der Waals surface area contributed by atoms with Gasteiger partial charge in [0.05, 0.1) is 0 Å². The Kier molecular flexibility index (Phi) is 4.55. The molecule has 5 heteroatoms. The molecule has 2 aliphatic rings. The molecule has 3 rings (SSSR count). The van der Waals surface area contributed by atoms with Gasteiger partial charge in [0.25, 0.3) is 5.91 Å². The van der Waals surface area contributed by atoms with Crippen molar-refractivity contribution in [3.63, 3.8) is 0 Å². The van der Waals surface area contributed by atoms with Crippen molar-refractivity contribution in [2.24, 2.45) is 22.9 Å². The average molecular weight is 316 g/mol. The summed E-state index contributed by atoms with van der Waals surface area (Å²) in [5, 5.41) is 4.45. The lowest BCUT2D eigenvalue weighted by Crippen LogP contribution is -2.31. The van der Waals surface area contributed by atoms with E-state index in [1.807, 2.05) is 0 Å². The second-order valence-electron chi connectivity index (χ2n) is 6.85. The number of rotatable bonds is 3. The number of ether oxygens (including phenoxy) is 2. The molecule has 2 atom stereocenters. The standard InChI is InChI=1S/C18H24N2O3/c1-11(2)14-6-4-12(3)8-15(14)19-20-18(21)13-5-7-16-17(9-13)23-10-22-16/h5,7,9,11-12,14H,4,6,8,10H2,1-3H3,(H,20,21)/t12-,14+/m0/s1. The Morgan fingerprint density at radius 2 is 2.04 bits per heavy atom. The molecular weight excluding hydrogens is 292 g/mol. The molecule has 1 aliphatic carbocycles. The number of hydrogen-bond donors (Lipinski definition) is 1. The summed E-state index contributed by atoms with van der Waals surface area (Å²) in [6.45, 7) is 6.88. The van der Waals surface area contributed by atoms with Crippen molar-refractivity contribution < 1.29 is 14.3 Å². The van der Waals surface area contributed by atoms with Gasteiger partial charge in [0, 0.05) is 17.2 Å². The van der Waals surface area contributed by atoms with Crippen LogP contribution in [0.3, 0.4) is 0 Å². The van der Waals surface area contributed by atoms with E-state index >= 15 is 0 Å². The molecule has 0 saturated heterocycles. The molecular formula is C18H24N2O3. The van der Waals surface area contributed by atoms with Crippen LogP contribution in [-0.4, -0.2) is 18.4 Å². The molecule has 23 heavy (non-hydrogen) atoms. The SMILES string of the molecule is CC(C)[C@H]1CC[C@H](C)CC1=NNC(=O)c1ccc2c(c1)OCO2. The molecule has 1 heterocycles. The van der Waals surface area contributed by atoms with Crippen LogP contribution in [0.1, 0.15) is 50.4 Å². The number of hydrogen-bond acceptors (Lipinski definition) is 4. The Bertz CT molecular complexity index is 625. The molecule has 0 unspecified atom stereocenters. The highest BCUT2D eigenvalue weighted by Gasteiger charge is 2.27. The molecule has 1 amide bonds. The predicted octanol–water partition coefficient (Wildman–Crippen LogP) is 3.59. The summed E-state index contributed by atoms with van der Waals surface area (Å²) in [5.41, 5.74) is 4.37. The number of fused-ring (bicyclic) bond motifs is 1. The van der Waals surface area contributed by atoms with Gasteiger partial charge in [0.2, 0.25) is 6.79 Å². The molecule has 1 N–H and O–H groups in total. The maximum Gasteiger partial charge on any atom is 0.271 e. The van der Waals surface area contributed by atoms with Gasteiger partial charge in [-0.3, -0.25) is 4.79 Å². The number of nitrogens with one attached hydrogen (secondary N) is 1. The molecule has 5 nitrogen and oxygen atoms in total. The average Bonchev–Trinajstić information content (AvgIpc) is 2.99. The molecule has 124 valence electrons. The summed E-state index contributed by atoms with van der Waals surface area (Å²) in [7, 11) is 0. The maximum absolute atomic E-state index is 12.3. The van der Waals surface area contributed by atoms with Gasteiger partial charge < -0.3 is 9.47 Å². The van der Waals surface area contributed by atoms with Crippen molar-refractivity contribution >= 4 is 11.6 Å². The van der Waals surface area contributed by atoms with Crippen LogP contribution in [0.25, 0.3) is 0 Å². The summed E-state index contributed by atoms with van der Waals surface area (Å²) in [4.78, 5) is 12.3. The Balaban J connectivity index is 1.71. The first-order valence-electron chi connectivity index (χ1n) is 8.31. The smallest absolute Gasteiger partial charge is 0.271 e. The van der Waals surface area contributed by atoms with Gasteiger partial charge in [-0.1, -0.05) is 20.8 Å². The summed E-state index contributed by atoms with van der Waals surface area (Å²) < 4.78 is 10.6. The highest BCUT2D eigenvalue weighted by atomic mass is 16.7. The first-order valence-corrected chi connectivity index (χ1v) is 8.31. The molecule has 1 fully saturated rings. The van der Waals surface area contributed by atoms with Gasteiger partial charge in [-0.15, -0.1) is 0 Å². The van der Waals surface area contributed by atoms with E-state index in [4.69, 9.17) is 9.47 Å². The van der Waals surface area contributed by atoms with Crippen molar-refractivity contribution in [2.45, 2.75) is 40.0 Å². The van der Waals surface area contributed by atoms with Gasteiger partial charge in [0.15, 0.2) is 11.5 Å². The topological polar surface area (TPSA) is 59.9 Å². The largest absolute Gasteiger partial charge is 0.454 e. The number of amides is 1. The number of nitrogens with zero attached hydrogens (tertiary/aromatic N) is 1. The Hall–Kier alpha value is -2.04. The number of hydrazone groups is 1. The summed E-state index contributed by atoms with van der Waals surface area (Å²) in [5.74, 6) is 2.71. The van der Waals surface area contributed by atoms with Crippen molar-refractivity contribution in [1.82, 2.24) is 5.43 Å². The Morgan fingerprint density at radius 1 is 1.26 bits per heavy atom. The molecule has 0 spiro atoms. The van der Waals surface area contributed by atoms with Gasteiger partial charge >= 0.3 is 0 Å². The zero-order valence-electron chi connectivity index (χ0n) is 14.0. The minimum atomic E-state index is -0.212. The highest BCUT2D eigenvalue weighted by Crippen LogP contribution is 2.33. The number of benzene rings is 1. The van der Waals surface area contributed by atoms with Crippen molar-refractivity contribution in [1.29, 1.82) is 0 Å². The molecule has 0 bridgehead atoms. The molecule has 0 aromatic heterocycles. The molecule has 1 aliphatic heterocycles. The van der Waals surface area contributed by atoms with E-state index in [0.29, 0.717) is 34.8 Å². The lowest BCUT2D eigenvalue weighted by Gasteiger charge is -2.30. The zero-order valence-corrected chi connectivity index (χ0v) is 14.0. The van der Waals surface area contributed by atoms with E-state index in [1.54, 1.807) is 18.2 Å². The Morgan fingerprint density at radius 3 is 2.83 bits per heavy atom. The monoisotopic (exact) mass is 316 g/mol. The third kappa shape index (κ3) is 3.49. The minimum Gasteiger partial charge on any atom is -0.454 e. The molecule has 1 aromatic rings. The molecule has 1 aromatic carbocycles. The van der Waals surface area contributed by atoms with Crippen LogP contribution in [0.15, 0.2) is 23.3 Å². The van der Waals surface area contributed by atoms with E-state index in [1.165, 1.54) is 6.42 Å². The van der Waals surface area contributed by atoms with Crippen molar-refractivity contribution in [3.8, 4) is 11.5 Å². The summed E-state index contributed by atoms with van der Waals surface area (Å²) >= 11 is 0. The van der Waals surface area contributed by atoms with Gasteiger partial charge in [-0.2, -0.15) is 5.10 Å². The van der Waals surface area contributed by atoms with Crippen LogP contribution in [0.5, 0.6) is 11.5 Å². The predicted molar refractivity (Wildman–Crippen MR) is 88.8 cm³/mol. The fourth-order valence-electron chi connectivity index (χ4n) is 3.31. The zero-order chi connectivity index (χ0) is 16.4. The first kappa shape index (κ1) is 15.8. The van der Waals surface area contributed by atoms with Crippen LogP contribution in [0.4, 0.5) is 0 Å². The van der Waals surface area contributed by atoms with Gasteiger partial charge in [-0.25, -0.2) is 5.43 Å². The van der Waals surface area contributed by atoms with Crippen LogP contribution >= 0.6 is 0 Å². The number of carbonyl (C=O) groups is 1.